The van der Waals surface area contributed by atoms with E-state index in [0.717, 1.165) is 0 Å². The normalized spacial score (nSPS) is 14.0. The van der Waals surface area contributed by atoms with Crippen molar-refractivity contribution in [3.05, 3.63) is 23.8 Å². The zero-order chi connectivity index (χ0) is 28.8. The third-order valence-corrected chi connectivity index (χ3v) is 5.27. The summed E-state index contributed by atoms with van der Waals surface area (Å²) in [5.41, 5.74) is 6.52. The van der Waals surface area contributed by atoms with Crippen LogP contribution in [0.1, 0.15) is 73.3 Å². The molecule has 1 aromatic carbocycles. The lowest BCUT2D eigenvalue weighted by Gasteiger charge is -2.18. The zero-order valence-electron chi connectivity index (χ0n) is 23.3. The van der Waals surface area contributed by atoms with E-state index in [2.05, 4.69) is 0 Å². The Kier molecular flexibility index (Phi) is 14.2. The van der Waals surface area contributed by atoms with Gasteiger partial charge in [-0.05, 0) is 63.6 Å². The van der Waals surface area contributed by atoms with Gasteiger partial charge in [0, 0.05) is 6.42 Å². The van der Waals surface area contributed by atoms with Crippen molar-refractivity contribution in [1.82, 2.24) is 0 Å². The third kappa shape index (κ3) is 12.8. The van der Waals surface area contributed by atoms with Gasteiger partial charge in [-0.25, -0.2) is 9.59 Å². The molecule has 0 fully saturated rings. The van der Waals surface area contributed by atoms with Gasteiger partial charge >= 0.3 is 24.2 Å². The molecule has 2 unspecified atom stereocenters. The fraction of sp³-hybridized carbons (Fsp3) is 0.630. The average Bonchev–Trinajstić information content (AvgIpc) is 2.83. The predicted octanol–water partition coefficient (Wildman–Crippen LogP) is 4.71. The number of ether oxygens (including phenoxy) is 6. The highest BCUT2D eigenvalue weighted by molar-refractivity contribution is 5.76. The lowest BCUT2D eigenvalue weighted by molar-refractivity contribution is -0.159. The summed E-state index contributed by atoms with van der Waals surface area (Å²) >= 11 is 0. The molecule has 11 heteroatoms. The highest BCUT2D eigenvalue weighted by Crippen LogP contribution is 2.30. The van der Waals surface area contributed by atoms with E-state index in [4.69, 9.17) is 34.2 Å². The van der Waals surface area contributed by atoms with Gasteiger partial charge in [-0.1, -0.05) is 33.8 Å². The number of carbonyl (C=O) groups is 4. The van der Waals surface area contributed by atoms with Crippen molar-refractivity contribution in [3.63, 3.8) is 0 Å². The largest absolute Gasteiger partial charge is 0.514 e. The third-order valence-electron chi connectivity index (χ3n) is 5.27. The molecule has 0 saturated carbocycles. The second-order valence-corrected chi connectivity index (χ2v) is 9.50. The van der Waals surface area contributed by atoms with Crippen LogP contribution in [0.5, 0.6) is 11.5 Å². The summed E-state index contributed by atoms with van der Waals surface area (Å²) in [4.78, 5) is 48.5. The predicted molar refractivity (Wildman–Crippen MR) is 138 cm³/mol. The van der Waals surface area contributed by atoms with Gasteiger partial charge in [-0.3, -0.25) is 9.59 Å². The van der Waals surface area contributed by atoms with Crippen LogP contribution in [0, 0.1) is 5.92 Å². The molecule has 214 valence electrons. The molecule has 1 aromatic rings. The van der Waals surface area contributed by atoms with Gasteiger partial charge < -0.3 is 34.2 Å². The van der Waals surface area contributed by atoms with Crippen LogP contribution in [0.15, 0.2) is 18.2 Å². The number of esters is 2. The first-order chi connectivity index (χ1) is 17.8. The lowest BCUT2D eigenvalue weighted by atomic mass is 10.1. The van der Waals surface area contributed by atoms with Crippen LogP contribution in [-0.4, -0.2) is 55.2 Å². The number of hydrogen-bond donors (Lipinski definition) is 1. The van der Waals surface area contributed by atoms with Crippen molar-refractivity contribution in [2.75, 3.05) is 6.61 Å². The Morgan fingerprint density at radius 2 is 1.34 bits per heavy atom. The highest BCUT2D eigenvalue weighted by Gasteiger charge is 2.23. The summed E-state index contributed by atoms with van der Waals surface area (Å²) in [6.07, 6.45) is -1.94. The van der Waals surface area contributed by atoms with E-state index in [9.17, 15) is 19.2 Å². The molecule has 4 atom stereocenters. The fourth-order valence-corrected chi connectivity index (χ4v) is 2.83. The van der Waals surface area contributed by atoms with Crippen LogP contribution >= 0.6 is 0 Å². The van der Waals surface area contributed by atoms with Gasteiger partial charge in [0.05, 0.1) is 0 Å². The maximum atomic E-state index is 12.5. The molecule has 0 heterocycles. The van der Waals surface area contributed by atoms with Crippen LogP contribution in [-0.2, 0) is 35.0 Å². The molecule has 2 N–H and O–H groups in total. The molecule has 38 heavy (non-hydrogen) atoms. The first-order valence-corrected chi connectivity index (χ1v) is 12.9. The number of carbonyl (C=O) groups excluding carboxylic acids is 4. The molecular formula is C27H41NO10. The second-order valence-electron chi connectivity index (χ2n) is 9.50. The molecule has 0 bridgehead atoms. The summed E-state index contributed by atoms with van der Waals surface area (Å²) < 4.78 is 31.2. The van der Waals surface area contributed by atoms with Gasteiger partial charge in [0.2, 0.25) is 0 Å². The molecule has 0 aromatic heterocycles. The van der Waals surface area contributed by atoms with Crippen molar-refractivity contribution in [2.45, 2.75) is 98.5 Å². The quantitative estimate of drug-likeness (QED) is 0.199. The summed E-state index contributed by atoms with van der Waals surface area (Å²) in [6.45, 7) is 12.4. The molecule has 0 spiro atoms. The average molecular weight is 540 g/mol. The topological polar surface area (TPSA) is 150 Å². The van der Waals surface area contributed by atoms with Gasteiger partial charge in [-0.15, -0.1) is 0 Å². The zero-order valence-corrected chi connectivity index (χ0v) is 23.3. The van der Waals surface area contributed by atoms with E-state index >= 15 is 0 Å². The maximum absolute atomic E-state index is 12.5. The van der Waals surface area contributed by atoms with Gasteiger partial charge in [-0.2, -0.15) is 0 Å². The Morgan fingerprint density at radius 3 is 1.87 bits per heavy atom. The van der Waals surface area contributed by atoms with Gasteiger partial charge in [0.25, 0.3) is 0 Å². The monoisotopic (exact) mass is 539 g/mol. The number of rotatable bonds is 14. The Bertz CT molecular complexity index is 932. The van der Waals surface area contributed by atoms with Crippen LogP contribution in [0.4, 0.5) is 9.59 Å². The van der Waals surface area contributed by atoms with Crippen LogP contribution < -0.4 is 15.2 Å². The maximum Gasteiger partial charge on any atom is 0.514 e. The summed E-state index contributed by atoms with van der Waals surface area (Å²) in [5, 5.41) is 0. The fourth-order valence-electron chi connectivity index (χ4n) is 2.83. The smallest absolute Gasteiger partial charge is 0.462 e. The minimum Gasteiger partial charge on any atom is -0.462 e. The van der Waals surface area contributed by atoms with Crippen molar-refractivity contribution < 1.29 is 47.6 Å². The van der Waals surface area contributed by atoms with E-state index in [1.54, 1.807) is 26.8 Å². The van der Waals surface area contributed by atoms with E-state index < -0.39 is 30.4 Å². The molecular weight excluding hydrogens is 498 g/mol. The van der Waals surface area contributed by atoms with E-state index in [-0.39, 0.29) is 55.0 Å². The molecule has 0 aliphatic carbocycles. The molecule has 0 saturated heterocycles. The Morgan fingerprint density at radius 1 is 0.789 bits per heavy atom. The van der Waals surface area contributed by atoms with Crippen LogP contribution in [0.2, 0.25) is 0 Å². The van der Waals surface area contributed by atoms with Crippen LogP contribution in [0.3, 0.4) is 0 Å². The van der Waals surface area contributed by atoms with Crippen molar-refractivity contribution >= 4 is 24.2 Å². The van der Waals surface area contributed by atoms with Crippen LogP contribution in [0.25, 0.3) is 0 Å². The number of hydrogen-bond acceptors (Lipinski definition) is 11. The number of benzene rings is 1. The standard InChI is InChI=1S/C27H41NO10/c1-8-17(5)35-26(31)37-22-11-10-20(14-23(22)38-27(32)36-18(6)9-2)13-21(28)25(30)34-19(7)15-33-24(29)12-16(3)4/h10-11,14,16-19,21H,8-9,12-13,15,28H2,1-7H3/t17?,18?,19-,21-/m0/s1. The second kappa shape index (κ2) is 16.5. The van der Waals surface area contributed by atoms with E-state index in [1.165, 1.54) is 12.1 Å². The SMILES string of the molecule is CCC(C)OC(=O)Oc1ccc(C[C@H](N)C(=O)O[C@@H](C)COC(=O)CC(C)C)cc1OC(=O)OC(C)CC. The lowest BCUT2D eigenvalue weighted by Crippen LogP contribution is -2.37. The van der Waals surface area contributed by atoms with Gasteiger partial charge in [0.15, 0.2) is 11.5 Å². The van der Waals surface area contributed by atoms with E-state index in [1.807, 2.05) is 27.7 Å². The molecule has 0 aliphatic rings. The highest BCUT2D eigenvalue weighted by atomic mass is 16.7. The van der Waals surface area contributed by atoms with Crippen molar-refractivity contribution in [1.29, 1.82) is 0 Å². The van der Waals surface area contributed by atoms with Crippen molar-refractivity contribution in [2.24, 2.45) is 11.7 Å². The minimum atomic E-state index is -1.06. The Hall–Kier alpha value is -3.34. The molecule has 0 radical (unpaired) electrons. The molecule has 0 aliphatic heterocycles. The summed E-state index contributed by atoms with van der Waals surface area (Å²) in [6, 6.07) is 3.30. The van der Waals surface area contributed by atoms with Crippen molar-refractivity contribution in [3.8, 4) is 11.5 Å². The molecule has 11 nitrogen and oxygen atoms in total. The molecule has 1 rings (SSSR count). The summed E-state index contributed by atoms with van der Waals surface area (Å²) in [7, 11) is 0. The molecule has 0 amide bonds. The first-order valence-electron chi connectivity index (χ1n) is 12.9. The number of nitrogens with two attached hydrogens (primary N) is 1. The van der Waals surface area contributed by atoms with E-state index in [0.29, 0.717) is 18.4 Å². The first kappa shape index (κ1) is 32.7. The van der Waals surface area contributed by atoms with Gasteiger partial charge in [0.1, 0.15) is 31.0 Å². The Labute approximate surface area is 224 Å². The Balaban J connectivity index is 2.90. The summed E-state index contributed by atoms with van der Waals surface area (Å²) in [5.74, 6) is -1.10. The minimum absolute atomic E-state index is 0.0209.